The molecule has 0 bridgehead atoms. The molecule has 8 nitrogen and oxygen atoms in total. The molecule has 0 unspecified atom stereocenters. The van der Waals surface area contributed by atoms with Crippen molar-refractivity contribution in [2.75, 3.05) is 0 Å². The van der Waals surface area contributed by atoms with Gasteiger partial charge in [-0.25, -0.2) is 4.79 Å². The summed E-state index contributed by atoms with van der Waals surface area (Å²) in [4.78, 5) is 34.4. The number of benzene rings is 3. The Kier molecular flexibility index (Phi) is 4.77. The Labute approximate surface area is 175 Å². The minimum atomic E-state index is -1.03. The molecule has 4 rings (SSSR count). The zero-order valence-electron chi connectivity index (χ0n) is 15.9. The highest BCUT2D eigenvalue weighted by molar-refractivity contribution is 5.90. The van der Waals surface area contributed by atoms with Gasteiger partial charge in [0, 0.05) is 23.2 Å². The summed E-state index contributed by atoms with van der Waals surface area (Å²) in [7, 11) is 0. The third-order valence-electron chi connectivity index (χ3n) is 4.91. The van der Waals surface area contributed by atoms with E-state index >= 15 is 0 Å². The average Bonchev–Trinajstić information content (AvgIpc) is 2.78. The highest BCUT2D eigenvalue weighted by Crippen LogP contribution is 2.27. The second-order valence-corrected chi connectivity index (χ2v) is 6.74. The molecule has 0 aliphatic rings. The lowest BCUT2D eigenvalue weighted by Crippen LogP contribution is -2.21. The molecule has 0 aliphatic carbocycles. The second kappa shape index (κ2) is 7.57. The van der Waals surface area contributed by atoms with Gasteiger partial charge in [-0.3, -0.25) is 19.5 Å². The first-order valence-electron chi connectivity index (χ1n) is 9.07. The van der Waals surface area contributed by atoms with Crippen molar-refractivity contribution in [1.82, 2.24) is 4.57 Å². The molecule has 3 aromatic carbocycles. The quantitative estimate of drug-likeness (QED) is 0.397. The van der Waals surface area contributed by atoms with Gasteiger partial charge in [0.2, 0.25) is 0 Å². The van der Waals surface area contributed by atoms with Crippen LogP contribution in [0, 0.1) is 21.4 Å². The molecule has 1 N–H and O–H groups in total. The first kappa shape index (κ1) is 19.5. The third kappa shape index (κ3) is 3.52. The molecule has 1 heterocycles. The molecule has 0 saturated heterocycles. The van der Waals surface area contributed by atoms with E-state index in [1.54, 1.807) is 24.3 Å². The van der Waals surface area contributed by atoms with E-state index in [1.165, 1.54) is 47.0 Å². The van der Waals surface area contributed by atoms with Gasteiger partial charge >= 0.3 is 5.97 Å². The molecule has 150 valence electrons. The molecule has 0 spiro atoms. The van der Waals surface area contributed by atoms with Crippen molar-refractivity contribution in [1.29, 1.82) is 5.26 Å². The Morgan fingerprint density at radius 3 is 2.19 bits per heavy atom. The van der Waals surface area contributed by atoms with Gasteiger partial charge in [0.1, 0.15) is 11.6 Å². The fraction of sp³-hybridized carbons (Fsp3) is 0. The summed E-state index contributed by atoms with van der Waals surface area (Å²) < 4.78 is 1.34. The number of fused-ring (bicyclic) bond motifs is 1. The molecule has 0 amide bonds. The number of carboxylic acids is 1. The zero-order chi connectivity index (χ0) is 22.1. The Hall–Kier alpha value is -4.77. The van der Waals surface area contributed by atoms with Crippen LogP contribution in [0.2, 0.25) is 0 Å². The molecule has 1 aromatic heterocycles. The predicted octanol–water partition coefficient (Wildman–Crippen LogP) is 4.14. The maximum Gasteiger partial charge on any atom is 0.335 e. The van der Waals surface area contributed by atoms with Crippen LogP contribution in [0.4, 0.5) is 5.69 Å². The van der Waals surface area contributed by atoms with Crippen LogP contribution in [0.15, 0.2) is 77.6 Å². The van der Waals surface area contributed by atoms with Gasteiger partial charge in [0.05, 0.1) is 16.0 Å². The van der Waals surface area contributed by atoms with E-state index < -0.39 is 16.5 Å². The monoisotopic (exact) mass is 411 g/mol. The Balaban J connectivity index is 1.94. The Bertz CT molecular complexity index is 1450. The van der Waals surface area contributed by atoms with Crippen LogP contribution in [-0.4, -0.2) is 20.6 Å². The van der Waals surface area contributed by atoms with E-state index in [0.717, 1.165) is 11.1 Å². The summed E-state index contributed by atoms with van der Waals surface area (Å²) in [6, 6.07) is 20.5. The van der Waals surface area contributed by atoms with Crippen molar-refractivity contribution in [2.45, 2.75) is 0 Å². The van der Waals surface area contributed by atoms with Gasteiger partial charge in [-0.2, -0.15) is 5.26 Å². The number of nitro benzene ring substituents is 1. The predicted molar refractivity (Wildman–Crippen MR) is 113 cm³/mol. The average molecular weight is 411 g/mol. The van der Waals surface area contributed by atoms with Crippen LogP contribution in [0.25, 0.3) is 27.7 Å². The Morgan fingerprint density at radius 1 is 0.968 bits per heavy atom. The number of carbonyl (C=O) groups is 1. The molecule has 0 fully saturated rings. The van der Waals surface area contributed by atoms with Gasteiger partial charge in [0.15, 0.2) is 0 Å². The summed E-state index contributed by atoms with van der Waals surface area (Å²) in [5.41, 5.74) is 1.84. The van der Waals surface area contributed by atoms with Gasteiger partial charge in [-0.1, -0.05) is 24.3 Å². The van der Waals surface area contributed by atoms with Crippen molar-refractivity contribution >= 4 is 22.6 Å². The number of nitriles is 1. The number of rotatable bonds is 4. The highest BCUT2D eigenvalue weighted by Gasteiger charge is 2.14. The van der Waals surface area contributed by atoms with E-state index in [4.69, 9.17) is 5.11 Å². The molecular weight excluding hydrogens is 398 g/mol. The molecule has 31 heavy (non-hydrogen) atoms. The van der Waals surface area contributed by atoms with E-state index in [2.05, 4.69) is 0 Å². The van der Waals surface area contributed by atoms with Crippen LogP contribution in [-0.2, 0) is 0 Å². The van der Waals surface area contributed by atoms with Crippen molar-refractivity contribution in [3.05, 3.63) is 104 Å². The lowest BCUT2D eigenvalue weighted by Gasteiger charge is -2.13. The molecule has 4 aromatic rings. The van der Waals surface area contributed by atoms with Crippen molar-refractivity contribution < 1.29 is 14.8 Å². The number of aromatic nitrogens is 1. The number of aromatic carboxylic acids is 1. The van der Waals surface area contributed by atoms with Gasteiger partial charge in [0.25, 0.3) is 11.2 Å². The molecule has 0 aliphatic heterocycles. The third-order valence-corrected chi connectivity index (χ3v) is 4.91. The first-order chi connectivity index (χ1) is 14.9. The number of non-ortho nitro benzene ring substituents is 1. The van der Waals surface area contributed by atoms with Crippen LogP contribution >= 0.6 is 0 Å². The topological polar surface area (TPSA) is 126 Å². The molecular formula is C23H13N3O5. The number of nitrogens with zero attached hydrogens (tertiary/aromatic N) is 3. The molecule has 0 atom stereocenters. The maximum absolute atomic E-state index is 12.9. The maximum atomic E-state index is 12.9. The fourth-order valence-corrected chi connectivity index (χ4v) is 3.35. The summed E-state index contributed by atoms with van der Waals surface area (Å²) >= 11 is 0. The molecule has 0 radical (unpaired) electrons. The summed E-state index contributed by atoms with van der Waals surface area (Å²) in [5.74, 6) is -1.03. The summed E-state index contributed by atoms with van der Waals surface area (Å²) in [6.45, 7) is 0. The van der Waals surface area contributed by atoms with Gasteiger partial charge in [-0.05, 0) is 47.5 Å². The minimum absolute atomic E-state index is 0.0515. The largest absolute Gasteiger partial charge is 0.478 e. The number of hydrogen-bond acceptors (Lipinski definition) is 5. The van der Waals surface area contributed by atoms with E-state index in [1.807, 2.05) is 12.1 Å². The first-order valence-corrected chi connectivity index (χ1v) is 9.07. The van der Waals surface area contributed by atoms with Crippen LogP contribution in [0.5, 0.6) is 0 Å². The molecule has 8 heteroatoms. The minimum Gasteiger partial charge on any atom is -0.478 e. The second-order valence-electron chi connectivity index (χ2n) is 6.74. The van der Waals surface area contributed by atoms with Gasteiger partial charge < -0.3 is 5.11 Å². The number of hydrogen-bond donors (Lipinski definition) is 1. The van der Waals surface area contributed by atoms with Crippen LogP contribution < -0.4 is 5.56 Å². The zero-order valence-corrected chi connectivity index (χ0v) is 15.9. The fourth-order valence-electron chi connectivity index (χ4n) is 3.35. The van der Waals surface area contributed by atoms with Crippen molar-refractivity contribution in [3.63, 3.8) is 0 Å². The van der Waals surface area contributed by atoms with E-state index in [9.17, 15) is 25.0 Å². The smallest absolute Gasteiger partial charge is 0.335 e. The lowest BCUT2D eigenvalue weighted by molar-refractivity contribution is -0.384. The van der Waals surface area contributed by atoms with E-state index in [-0.39, 0.29) is 16.8 Å². The number of nitro groups is 1. The van der Waals surface area contributed by atoms with Gasteiger partial charge in [-0.15, -0.1) is 0 Å². The number of pyridine rings is 1. The van der Waals surface area contributed by atoms with Crippen LogP contribution in [0.3, 0.4) is 0 Å². The summed E-state index contributed by atoms with van der Waals surface area (Å²) in [6.07, 6.45) is 0. The van der Waals surface area contributed by atoms with Crippen molar-refractivity contribution in [2.24, 2.45) is 0 Å². The standard InChI is InChI=1S/C23H13N3O5/c24-13-18-11-17-6-5-16(14-1-3-15(4-2-14)23(28)29)12-21(17)25(22(18)27)19-7-9-20(10-8-19)26(30)31/h1-12H,(H,28,29). The van der Waals surface area contributed by atoms with Crippen molar-refractivity contribution in [3.8, 4) is 22.9 Å². The SMILES string of the molecule is N#Cc1cc2ccc(-c3ccc(C(=O)O)cc3)cc2n(-c2ccc([N+](=O)[O-])cc2)c1=O. The van der Waals surface area contributed by atoms with Crippen LogP contribution in [0.1, 0.15) is 15.9 Å². The van der Waals surface area contributed by atoms with E-state index in [0.29, 0.717) is 16.6 Å². The Morgan fingerprint density at radius 2 is 1.61 bits per heavy atom. The summed E-state index contributed by atoms with van der Waals surface area (Å²) in [5, 5.41) is 30.0. The highest BCUT2D eigenvalue weighted by atomic mass is 16.6. The number of carboxylic acid groups (broad SMARTS) is 1. The normalized spacial score (nSPS) is 10.5. The molecule has 0 saturated carbocycles. The lowest BCUT2D eigenvalue weighted by atomic mass is 10.0.